The first-order valence-corrected chi connectivity index (χ1v) is 6.43. The van der Waals surface area contributed by atoms with Crippen LogP contribution in [-0.4, -0.2) is 11.5 Å². The Morgan fingerprint density at radius 3 is 2.89 bits per heavy atom. The second kappa shape index (κ2) is 7.16. The standard InChI is InChI=1S/C4H11O2PS2/c1-2-3-4-6-7(5)9-8/h5,8H,2-4H2,1H3. The quantitative estimate of drug-likeness (QED) is 0.299. The van der Waals surface area contributed by atoms with Crippen molar-refractivity contribution in [2.45, 2.75) is 19.8 Å². The SMILES string of the molecule is CCCCOP(O)SS. The Balaban J connectivity index is 2.88. The van der Waals surface area contributed by atoms with E-state index in [-0.39, 0.29) is 0 Å². The molecule has 0 amide bonds. The van der Waals surface area contributed by atoms with Crippen LogP contribution < -0.4 is 0 Å². The fraction of sp³-hybridized carbons (Fsp3) is 1.00. The van der Waals surface area contributed by atoms with Crippen molar-refractivity contribution in [3.8, 4) is 0 Å². The van der Waals surface area contributed by atoms with E-state index in [2.05, 4.69) is 18.6 Å². The lowest BCUT2D eigenvalue weighted by molar-refractivity contribution is 0.314. The van der Waals surface area contributed by atoms with Crippen LogP contribution >= 0.6 is 29.7 Å². The zero-order valence-corrected chi connectivity index (χ0v) is 7.88. The fourth-order valence-electron chi connectivity index (χ4n) is 0.311. The topological polar surface area (TPSA) is 29.5 Å². The van der Waals surface area contributed by atoms with E-state index < -0.39 is 7.58 Å². The van der Waals surface area contributed by atoms with Crippen LogP contribution in [0.4, 0.5) is 0 Å². The van der Waals surface area contributed by atoms with E-state index in [4.69, 9.17) is 9.42 Å². The van der Waals surface area contributed by atoms with Crippen LogP contribution in [-0.2, 0) is 4.52 Å². The largest absolute Gasteiger partial charge is 0.341 e. The van der Waals surface area contributed by atoms with Gasteiger partial charge in [0.2, 0.25) is 7.58 Å². The number of hydrogen-bond donors (Lipinski definition) is 2. The summed E-state index contributed by atoms with van der Waals surface area (Å²) in [6, 6.07) is 0. The number of rotatable bonds is 5. The Kier molecular flexibility index (Phi) is 8.00. The molecule has 0 fully saturated rings. The highest BCUT2D eigenvalue weighted by atomic mass is 33.3. The van der Waals surface area contributed by atoms with E-state index in [9.17, 15) is 0 Å². The molecule has 5 heteroatoms. The number of unbranched alkanes of at least 4 members (excludes halogenated alkanes) is 1. The average Bonchev–Trinajstić information content (AvgIpc) is 1.89. The van der Waals surface area contributed by atoms with Crippen molar-refractivity contribution in [3.05, 3.63) is 0 Å². The van der Waals surface area contributed by atoms with Crippen molar-refractivity contribution >= 4 is 29.7 Å². The summed E-state index contributed by atoms with van der Waals surface area (Å²) in [6.45, 7) is 2.73. The molecule has 0 bridgehead atoms. The molecular weight excluding hydrogens is 175 g/mol. The molecule has 0 radical (unpaired) electrons. The highest BCUT2D eigenvalue weighted by Gasteiger charge is 2.00. The van der Waals surface area contributed by atoms with Crippen molar-refractivity contribution in [2.24, 2.45) is 0 Å². The molecule has 0 saturated heterocycles. The van der Waals surface area contributed by atoms with Crippen molar-refractivity contribution < 1.29 is 9.42 Å². The average molecular weight is 186 g/mol. The van der Waals surface area contributed by atoms with Crippen molar-refractivity contribution in [3.63, 3.8) is 0 Å². The first kappa shape index (κ1) is 10.0. The van der Waals surface area contributed by atoms with Crippen LogP contribution in [0, 0.1) is 0 Å². The Hall–Kier alpha value is 1.05. The molecule has 0 aliphatic carbocycles. The summed E-state index contributed by atoms with van der Waals surface area (Å²) in [7, 11) is -0.241. The molecule has 0 aromatic rings. The Morgan fingerprint density at radius 2 is 2.44 bits per heavy atom. The van der Waals surface area contributed by atoms with Crippen LogP contribution in [0.5, 0.6) is 0 Å². The minimum atomic E-state index is -1.31. The summed E-state index contributed by atoms with van der Waals surface area (Å²) in [6.07, 6.45) is 2.11. The second-order valence-corrected chi connectivity index (χ2v) is 5.30. The summed E-state index contributed by atoms with van der Waals surface area (Å²) in [5.74, 6) is 0. The van der Waals surface area contributed by atoms with E-state index in [1.54, 1.807) is 0 Å². The molecule has 2 nitrogen and oxygen atoms in total. The first-order valence-electron chi connectivity index (χ1n) is 2.74. The van der Waals surface area contributed by atoms with E-state index in [0.29, 0.717) is 6.61 Å². The molecule has 0 aromatic heterocycles. The maximum atomic E-state index is 8.81. The van der Waals surface area contributed by atoms with Crippen LogP contribution in [0.3, 0.4) is 0 Å². The lowest BCUT2D eigenvalue weighted by Crippen LogP contribution is -1.84. The Morgan fingerprint density at radius 1 is 1.78 bits per heavy atom. The predicted octanol–water partition coefficient (Wildman–Crippen LogP) is 2.60. The van der Waals surface area contributed by atoms with Crippen LogP contribution in [0.1, 0.15) is 19.8 Å². The van der Waals surface area contributed by atoms with Gasteiger partial charge in [0.25, 0.3) is 0 Å². The molecule has 0 aliphatic heterocycles. The van der Waals surface area contributed by atoms with Gasteiger partial charge in [0.1, 0.15) is 0 Å². The van der Waals surface area contributed by atoms with Gasteiger partial charge in [-0.25, -0.2) is 0 Å². The van der Waals surface area contributed by atoms with Crippen LogP contribution in [0.2, 0.25) is 0 Å². The van der Waals surface area contributed by atoms with E-state index in [1.165, 1.54) is 0 Å². The van der Waals surface area contributed by atoms with E-state index in [0.717, 1.165) is 23.3 Å². The van der Waals surface area contributed by atoms with Crippen molar-refractivity contribution in [1.29, 1.82) is 0 Å². The summed E-state index contributed by atoms with van der Waals surface area (Å²) in [5, 5.41) is 0. The smallest absolute Gasteiger partial charge is 0.246 e. The normalized spacial score (nSPS) is 13.7. The van der Waals surface area contributed by atoms with Gasteiger partial charge in [-0.3, -0.25) is 0 Å². The fourth-order valence-corrected chi connectivity index (χ4v) is 1.43. The van der Waals surface area contributed by atoms with E-state index >= 15 is 0 Å². The molecule has 9 heavy (non-hydrogen) atoms. The molecule has 0 heterocycles. The predicted molar refractivity (Wildman–Crippen MR) is 46.6 cm³/mol. The summed E-state index contributed by atoms with van der Waals surface area (Å²) < 4.78 is 4.94. The Bertz CT molecular complexity index is 64.5. The molecule has 1 unspecified atom stereocenters. The lowest BCUT2D eigenvalue weighted by atomic mass is 10.4. The summed E-state index contributed by atoms with van der Waals surface area (Å²) in [5.41, 5.74) is 0. The van der Waals surface area contributed by atoms with Gasteiger partial charge < -0.3 is 9.42 Å². The van der Waals surface area contributed by atoms with Crippen LogP contribution in [0.25, 0.3) is 0 Å². The zero-order chi connectivity index (χ0) is 7.11. The third-order valence-corrected chi connectivity index (χ3v) is 3.31. The molecule has 0 aromatic carbocycles. The highest BCUT2D eigenvalue weighted by molar-refractivity contribution is 8.92. The molecule has 1 N–H and O–H groups in total. The molecule has 0 spiro atoms. The minimum absolute atomic E-state index is 0.645. The molecule has 0 aliphatic rings. The van der Waals surface area contributed by atoms with Gasteiger partial charge in [-0.1, -0.05) is 13.3 Å². The number of hydrogen-bond acceptors (Lipinski definition) is 4. The monoisotopic (exact) mass is 186 g/mol. The lowest BCUT2D eigenvalue weighted by Gasteiger charge is -2.04. The zero-order valence-electron chi connectivity index (χ0n) is 5.28. The van der Waals surface area contributed by atoms with Gasteiger partial charge in [0.15, 0.2) is 0 Å². The van der Waals surface area contributed by atoms with E-state index in [1.807, 2.05) is 0 Å². The molecule has 0 rings (SSSR count). The van der Waals surface area contributed by atoms with Crippen molar-refractivity contribution in [2.75, 3.05) is 6.61 Å². The van der Waals surface area contributed by atoms with Gasteiger partial charge >= 0.3 is 0 Å². The third-order valence-electron chi connectivity index (χ3n) is 0.769. The summed E-state index contributed by atoms with van der Waals surface area (Å²) >= 11 is 3.79. The van der Waals surface area contributed by atoms with Crippen molar-refractivity contribution in [1.82, 2.24) is 0 Å². The van der Waals surface area contributed by atoms with Gasteiger partial charge in [0, 0.05) is 0 Å². The van der Waals surface area contributed by atoms with Gasteiger partial charge in [-0.15, -0.1) is 11.7 Å². The van der Waals surface area contributed by atoms with Gasteiger partial charge in [-0.2, -0.15) is 0 Å². The van der Waals surface area contributed by atoms with Gasteiger partial charge in [0.05, 0.1) is 6.61 Å². The maximum Gasteiger partial charge on any atom is 0.246 e. The molecular formula is C4H11O2PS2. The first-order chi connectivity index (χ1) is 4.31. The molecule has 56 valence electrons. The minimum Gasteiger partial charge on any atom is -0.341 e. The maximum absolute atomic E-state index is 8.81. The molecule has 1 atom stereocenters. The highest BCUT2D eigenvalue weighted by Crippen LogP contribution is 2.48. The second-order valence-electron chi connectivity index (χ2n) is 1.51. The molecule has 0 saturated carbocycles. The van der Waals surface area contributed by atoms with Gasteiger partial charge in [-0.05, 0) is 16.8 Å². The third kappa shape index (κ3) is 6.94. The summed E-state index contributed by atoms with van der Waals surface area (Å²) in [4.78, 5) is 8.81. The Labute approximate surface area is 65.8 Å². The number of thiol groups is 1. The van der Waals surface area contributed by atoms with Crippen LogP contribution in [0.15, 0.2) is 0 Å².